The van der Waals surface area contributed by atoms with Gasteiger partial charge in [0.1, 0.15) is 0 Å². The summed E-state index contributed by atoms with van der Waals surface area (Å²) < 4.78 is 19.9. The number of nitrogens with one attached hydrogen (secondary N) is 1. The number of ether oxygens (including phenoxy) is 1. The van der Waals surface area contributed by atoms with Gasteiger partial charge in [-0.1, -0.05) is 6.92 Å². The summed E-state index contributed by atoms with van der Waals surface area (Å²) in [6.45, 7) is 4.86. The summed E-state index contributed by atoms with van der Waals surface area (Å²) >= 11 is 0. The lowest BCUT2D eigenvalue weighted by Crippen LogP contribution is -2.30. The molecule has 1 aromatic heterocycles. The Kier molecular flexibility index (Phi) is 5.10. The number of hydrogen-bond acceptors (Lipinski definition) is 4. The number of aromatic nitrogens is 1. The molecule has 0 aliphatic carbocycles. The van der Waals surface area contributed by atoms with Gasteiger partial charge in [-0.15, -0.1) is 0 Å². The molecule has 0 bridgehead atoms. The zero-order chi connectivity index (χ0) is 13.7. The van der Waals surface area contributed by atoms with Crippen molar-refractivity contribution in [2.24, 2.45) is 0 Å². The molecule has 1 N–H and O–H groups in total. The average Bonchev–Trinajstić information content (AvgIpc) is 2.90. The van der Waals surface area contributed by atoms with E-state index in [0.717, 1.165) is 26.0 Å². The lowest BCUT2D eigenvalue weighted by Gasteiger charge is -2.22. The van der Waals surface area contributed by atoms with Crippen LogP contribution in [-0.4, -0.2) is 37.8 Å². The van der Waals surface area contributed by atoms with Crippen LogP contribution >= 0.6 is 0 Å². The van der Waals surface area contributed by atoms with Crippen LogP contribution < -0.4 is 10.2 Å². The van der Waals surface area contributed by atoms with Crippen molar-refractivity contribution in [2.45, 2.75) is 32.4 Å². The highest BCUT2D eigenvalue weighted by Gasteiger charge is 2.20. The van der Waals surface area contributed by atoms with Crippen LogP contribution in [0, 0.1) is 5.82 Å². The van der Waals surface area contributed by atoms with Crippen molar-refractivity contribution in [3.63, 3.8) is 0 Å². The van der Waals surface area contributed by atoms with Crippen LogP contribution in [0.3, 0.4) is 0 Å². The molecule has 5 heteroatoms. The molecule has 0 saturated carbocycles. The zero-order valence-corrected chi connectivity index (χ0v) is 11.7. The molecule has 1 aliphatic heterocycles. The van der Waals surface area contributed by atoms with E-state index < -0.39 is 0 Å². The molecular weight excluding hydrogens is 245 g/mol. The van der Waals surface area contributed by atoms with Crippen LogP contribution in [0.25, 0.3) is 0 Å². The monoisotopic (exact) mass is 267 g/mol. The van der Waals surface area contributed by atoms with Crippen LogP contribution in [0.1, 0.15) is 25.3 Å². The third-order valence-corrected chi connectivity index (χ3v) is 3.38. The molecule has 1 saturated heterocycles. The van der Waals surface area contributed by atoms with E-state index in [9.17, 15) is 4.39 Å². The summed E-state index contributed by atoms with van der Waals surface area (Å²) in [6.07, 6.45) is 4.00. The molecule has 2 rings (SSSR count). The second-order valence-corrected chi connectivity index (χ2v) is 4.90. The Balaban J connectivity index is 2.05. The fraction of sp³-hybridized carbons (Fsp3) is 0.643. The third-order valence-electron chi connectivity index (χ3n) is 3.38. The maximum Gasteiger partial charge on any atom is 0.170 e. The predicted octanol–water partition coefficient (Wildman–Crippen LogP) is 1.95. The van der Waals surface area contributed by atoms with Gasteiger partial charge in [0.15, 0.2) is 11.6 Å². The highest BCUT2D eigenvalue weighted by atomic mass is 19.1. The minimum absolute atomic E-state index is 0.198. The van der Waals surface area contributed by atoms with Gasteiger partial charge in [-0.05, 0) is 25.5 Å². The van der Waals surface area contributed by atoms with Crippen molar-refractivity contribution in [1.82, 2.24) is 10.3 Å². The fourth-order valence-electron chi connectivity index (χ4n) is 2.31. The van der Waals surface area contributed by atoms with Crippen LogP contribution in [0.4, 0.5) is 10.2 Å². The zero-order valence-electron chi connectivity index (χ0n) is 11.7. The molecule has 1 atom stereocenters. The minimum Gasteiger partial charge on any atom is -0.376 e. The molecule has 0 amide bonds. The number of nitrogens with zero attached hydrogens (tertiary/aromatic N) is 2. The maximum atomic E-state index is 14.3. The quantitative estimate of drug-likeness (QED) is 0.855. The highest BCUT2D eigenvalue weighted by Crippen LogP contribution is 2.21. The summed E-state index contributed by atoms with van der Waals surface area (Å²) in [5.41, 5.74) is 0.658. The average molecular weight is 267 g/mol. The first-order chi connectivity index (χ1) is 9.22. The Bertz CT molecular complexity index is 408. The molecule has 2 heterocycles. The van der Waals surface area contributed by atoms with Gasteiger partial charge in [-0.3, -0.25) is 0 Å². The molecular formula is C14H22FN3O. The first-order valence-electron chi connectivity index (χ1n) is 6.89. The molecule has 19 heavy (non-hydrogen) atoms. The Labute approximate surface area is 114 Å². The molecule has 1 fully saturated rings. The number of rotatable bonds is 6. The number of anilines is 1. The first-order valence-corrected chi connectivity index (χ1v) is 6.89. The lowest BCUT2D eigenvalue weighted by atomic mass is 10.2. The SMILES string of the molecule is CCNCc1ccnc(N(C)CC2CCCO2)c1F. The normalized spacial score (nSPS) is 18.8. The van der Waals surface area contributed by atoms with Crippen LogP contribution in [0.5, 0.6) is 0 Å². The van der Waals surface area contributed by atoms with Gasteiger partial charge in [0, 0.05) is 38.5 Å². The molecule has 1 aliphatic rings. The van der Waals surface area contributed by atoms with Gasteiger partial charge < -0.3 is 15.0 Å². The number of pyridine rings is 1. The van der Waals surface area contributed by atoms with E-state index in [0.29, 0.717) is 24.5 Å². The summed E-state index contributed by atoms with van der Waals surface area (Å²) in [5, 5.41) is 3.13. The summed E-state index contributed by atoms with van der Waals surface area (Å²) in [5.74, 6) is 0.176. The van der Waals surface area contributed by atoms with E-state index in [2.05, 4.69) is 10.3 Å². The van der Waals surface area contributed by atoms with Crippen molar-refractivity contribution in [3.05, 3.63) is 23.6 Å². The molecule has 0 spiro atoms. The summed E-state index contributed by atoms with van der Waals surface area (Å²) in [7, 11) is 1.87. The van der Waals surface area contributed by atoms with E-state index >= 15 is 0 Å². The topological polar surface area (TPSA) is 37.4 Å². The summed E-state index contributed by atoms with van der Waals surface area (Å²) in [6, 6.07) is 1.72. The second kappa shape index (κ2) is 6.82. The van der Waals surface area contributed by atoms with E-state index in [-0.39, 0.29) is 11.9 Å². The molecule has 0 radical (unpaired) electrons. The molecule has 4 nitrogen and oxygen atoms in total. The van der Waals surface area contributed by atoms with Gasteiger partial charge >= 0.3 is 0 Å². The highest BCUT2D eigenvalue weighted by molar-refractivity contribution is 5.42. The number of halogens is 1. The lowest BCUT2D eigenvalue weighted by molar-refractivity contribution is 0.116. The molecule has 0 aromatic carbocycles. The van der Waals surface area contributed by atoms with Gasteiger partial charge in [0.05, 0.1) is 6.10 Å². The Hall–Kier alpha value is -1.20. The van der Waals surface area contributed by atoms with Gasteiger partial charge in [0.2, 0.25) is 0 Å². The Morgan fingerprint density at radius 2 is 2.42 bits per heavy atom. The van der Waals surface area contributed by atoms with Gasteiger partial charge in [-0.25, -0.2) is 9.37 Å². The number of hydrogen-bond donors (Lipinski definition) is 1. The standard InChI is InChI=1S/C14H22FN3O/c1-3-16-9-11-6-7-17-14(13(11)15)18(2)10-12-5-4-8-19-12/h6-7,12,16H,3-5,8-10H2,1-2H3. The number of likely N-dealkylation sites (N-methyl/N-ethyl adjacent to an activating group) is 1. The second-order valence-electron chi connectivity index (χ2n) is 4.90. The smallest absolute Gasteiger partial charge is 0.170 e. The van der Waals surface area contributed by atoms with E-state index in [1.807, 2.05) is 18.9 Å². The van der Waals surface area contributed by atoms with Crippen molar-refractivity contribution < 1.29 is 9.13 Å². The Morgan fingerprint density at radius 1 is 1.58 bits per heavy atom. The molecule has 106 valence electrons. The van der Waals surface area contributed by atoms with E-state index in [4.69, 9.17) is 4.74 Å². The van der Waals surface area contributed by atoms with Crippen LogP contribution in [0.15, 0.2) is 12.3 Å². The minimum atomic E-state index is -0.232. The van der Waals surface area contributed by atoms with Gasteiger partial charge in [0.25, 0.3) is 0 Å². The largest absolute Gasteiger partial charge is 0.376 e. The third kappa shape index (κ3) is 3.64. The predicted molar refractivity (Wildman–Crippen MR) is 73.8 cm³/mol. The van der Waals surface area contributed by atoms with Crippen LogP contribution in [-0.2, 0) is 11.3 Å². The van der Waals surface area contributed by atoms with E-state index in [1.165, 1.54) is 0 Å². The van der Waals surface area contributed by atoms with Crippen molar-refractivity contribution in [1.29, 1.82) is 0 Å². The van der Waals surface area contributed by atoms with E-state index in [1.54, 1.807) is 12.3 Å². The fourth-order valence-corrected chi connectivity index (χ4v) is 2.31. The first kappa shape index (κ1) is 14.2. The van der Waals surface area contributed by atoms with Crippen molar-refractivity contribution in [2.75, 3.05) is 31.6 Å². The maximum absolute atomic E-state index is 14.3. The van der Waals surface area contributed by atoms with Gasteiger partial charge in [-0.2, -0.15) is 0 Å². The van der Waals surface area contributed by atoms with Crippen LogP contribution in [0.2, 0.25) is 0 Å². The molecule has 1 aromatic rings. The van der Waals surface area contributed by atoms with Crippen molar-refractivity contribution in [3.8, 4) is 0 Å². The molecule has 1 unspecified atom stereocenters. The Morgan fingerprint density at radius 3 is 3.11 bits per heavy atom. The summed E-state index contributed by atoms with van der Waals surface area (Å²) in [4.78, 5) is 6.00. The van der Waals surface area contributed by atoms with Crippen molar-refractivity contribution >= 4 is 5.82 Å².